The van der Waals surface area contributed by atoms with Gasteiger partial charge in [0, 0.05) is 30.3 Å². The molecule has 5 N–H and O–H groups in total. The maximum absolute atomic E-state index is 12.4. The Bertz CT molecular complexity index is 776. The smallest absolute Gasteiger partial charge is 0.323 e. The van der Waals surface area contributed by atoms with Crippen molar-refractivity contribution in [3.8, 4) is 0 Å². The lowest BCUT2D eigenvalue weighted by Crippen LogP contribution is -2.44. The number of ether oxygens (including phenoxy) is 1. The fourth-order valence-corrected chi connectivity index (χ4v) is 3.00. The fraction of sp³-hybridized carbons (Fsp3) is 0.300. The Hall–Kier alpha value is -2.90. The molecule has 0 bridgehead atoms. The summed E-state index contributed by atoms with van der Waals surface area (Å²) in [6.07, 6.45) is 1.58. The van der Waals surface area contributed by atoms with E-state index >= 15 is 0 Å². The highest BCUT2D eigenvalue weighted by molar-refractivity contribution is 6.00. The molecule has 7 nitrogen and oxygen atoms in total. The van der Waals surface area contributed by atoms with Gasteiger partial charge in [-0.3, -0.25) is 4.79 Å². The van der Waals surface area contributed by atoms with E-state index in [1.165, 1.54) is 0 Å². The number of benzene rings is 2. The first-order valence-electron chi connectivity index (χ1n) is 8.99. The third kappa shape index (κ3) is 5.54. The molecule has 0 radical (unpaired) electrons. The molecule has 0 aliphatic carbocycles. The van der Waals surface area contributed by atoms with Crippen LogP contribution in [0.2, 0.25) is 0 Å². The molecule has 3 amide bonds. The maximum Gasteiger partial charge on any atom is 0.323 e. The molecule has 1 fully saturated rings. The lowest BCUT2D eigenvalue weighted by Gasteiger charge is -2.26. The molecule has 1 atom stereocenters. The molecular weight excluding hydrogens is 344 g/mol. The largest absolute Gasteiger partial charge is 0.381 e. The second-order valence-electron chi connectivity index (χ2n) is 6.49. The van der Waals surface area contributed by atoms with Gasteiger partial charge in [-0.05, 0) is 49.1 Å². The Morgan fingerprint density at radius 2 is 1.48 bits per heavy atom. The zero-order valence-electron chi connectivity index (χ0n) is 15.0. The summed E-state index contributed by atoms with van der Waals surface area (Å²) in [5.74, 6) is -0.107. The summed E-state index contributed by atoms with van der Waals surface area (Å²) in [7, 11) is 0. The number of carbonyl (C=O) groups is 2. The van der Waals surface area contributed by atoms with Gasteiger partial charge < -0.3 is 26.4 Å². The molecule has 142 valence electrons. The van der Waals surface area contributed by atoms with Gasteiger partial charge >= 0.3 is 6.03 Å². The number of anilines is 3. The number of amides is 3. The number of hydrogen-bond acceptors (Lipinski definition) is 4. The minimum atomic E-state index is -0.577. The van der Waals surface area contributed by atoms with Crippen molar-refractivity contribution in [3.63, 3.8) is 0 Å². The van der Waals surface area contributed by atoms with Crippen molar-refractivity contribution in [2.24, 2.45) is 11.7 Å². The summed E-state index contributed by atoms with van der Waals surface area (Å²) < 4.78 is 5.31. The minimum Gasteiger partial charge on any atom is -0.381 e. The van der Waals surface area contributed by atoms with Gasteiger partial charge in [-0.2, -0.15) is 0 Å². The molecule has 1 heterocycles. The highest BCUT2D eigenvalue weighted by Gasteiger charge is 2.26. The van der Waals surface area contributed by atoms with E-state index in [-0.39, 0.29) is 17.9 Å². The van der Waals surface area contributed by atoms with Gasteiger partial charge in [-0.15, -0.1) is 0 Å². The predicted molar refractivity (Wildman–Crippen MR) is 106 cm³/mol. The lowest BCUT2D eigenvalue weighted by atomic mass is 9.92. The zero-order valence-corrected chi connectivity index (χ0v) is 15.0. The second kappa shape index (κ2) is 9.16. The van der Waals surface area contributed by atoms with Gasteiger partial charge in [0.15, 0.2) is 0 Å². The van der Waals surface area contributed by atoms with Crippen molar-refractivity contribution in [1.82, 2.24) is 0 Å². The van der Waals surface area contributed by atoms with Gasteiger partial charge in [0.2, 0.25) is 5.91 Å². The highest BCUT2D eigenvalue weighted by atomic mass is 16.5. The summed E-state index contributed by atoms with van der Waals surface area (Å²) in [6.45, 7) is 1.28. The van der Waals surface area contributed by atoms with E-state index in [0.29, 0.717) is 30.3 Å². The summed E-state index contributed by atoms with van der Waals surface area (Å²) in [4.78, 5) is 24.5. The summed E-state index contributed by atoms with van der Waals surface area (Å²) >= 11 is 0. The van der Waals surface area contributed by atoms with Gasteiger partial charge in [0.05, 0.1) is 6.04 Å². The monoisotopic (exact) mass is 368 g/mol. The van der Waals surface area contributed by atoms with E-state index < -0.39 is 6.04 Å². The lowest BCUT2D eigenvalue weighted by molar-refractivity contribution is -0.119. The van der Waals surface area contributed by atoms with E-state index in [2.05, 4.69) is 16.0 Å². The Kier molecular flexibility index (Phi) is 6.40. The number of urea groups is 1. The van der Waals surface area contributed by atoms with E-state index in [1.54, 1.807) is 36.4 Å². The third-order valence-corrected chi connectivity index (χ3v) is 4.50. The Labute approximate surface area is 158 Å². The molecule has 1 unspecified atom stereocenters. The SMILES string of the molecule is NC(C(=O)Nc1cccc(NC(=O)Nc2ccccc2)c1)C1CCOCC1. The summed E-state index contributed by atoms with van der Waals surface area (Å²) in [5.41, 5.74) is 7.95. The van der Waals surface area contributed by atoms with Gasteiger partial charge in [0.1, 0.15) is 0 Å². The van der Waals surface area contributed by atoms with Crippen LogP contribution in [0.25, 0.3) is 0 Å². The normalized spacial score (nSPS) is 15.6. The van der Waals surface area contributed by atoms with Crippen LogP contribution in [-0.2, 0) is 9.53 Å². The molecule has 2 aromatic carbocycles. The van der Waals surface area contributed by atoms with Crippen LogP contribution in [0.4, 0.5) is 21.9 Å². The van der Waals surface area contributed by atoms with Crippen molar-refractivity contribution < 1.29 is 14.3 Å². The van der Waals surface area contributed by atoms with E-state index in [9.17, 15) is 9.59 Å². The topological polar surface area (TPSA) is 105 Å². The first-order valence-corrected chi connectivity index (χ1v) is 8.99. The average molecular weight is 368 g/mol. The minimum absolute atomic E-state index is 0.122. The first kappa shape index (κ1) is 18.9. The van der Waals surface area contributed by atoms with Crippen LogP contribution in [-0.4, -0.2) is 31.2 Å². The Morgan fingerprint density at radius 1 is 0.889 bits per heavy atom. The zero-order chi connectivity index (χ0) is 19.1. The molecule has 3 rings (SSSR count). The van der Waals surface area contributed by atoms with Crippen LogP contribution in [0.15, 0.2) is 54.6 Å². The molecule has 1 aliphatic heterocycles. The summed E-state index contributed by atoms with van der Waals surface area (Å²) in [6, 6.07) is 15.2. The van der Waals surface area contributed by atoms with Crippen molar-refractivity contribution in [2.45, 2.75) is 18.9 Å². The molecule has 0 aromatic heterocycles. The van der Waals surface area contributed by atoms with Gasteiger partial charge in [0.25, 0.3) is 0 Å². The van der Waals surface area contributed by atoms with Crippen LogP contribution in [0.1, 0.15) is 12.8 Å². The number of para-hydroxylation sites is 1. The second-order valence-corrected chi connectivity index (χ2v) is 6.49. The molecular formula is C20H24N4O3. The Morgan fingerprint density at radius 3 is 2.19 bits per heavy atom. The maximum atomic E-state index is 12.4. The van der Waals surface area contributed by atoms with E-state index in [1.807, 2.05) is 18.2 Å². The quantitative estimate of drug-likeness (QED) is 0.651. The molecule has 2 aromatic rings. The fourth-order valence-electron chi connectivity index (χ4n) is 3.00. The molecule has 1 aliphatic rings. The van der Waals surface area contributed by atoms with E-state index in [4.69, 9.17) is 10.5 Å². The van der Waals surface area contributed by atoms with Crippen LogP contribution < -0.4 is 21.7 Å². The van der Waals surface area contributed by atoms with Crippen molar-refractivity contribution >= 4 is 29.0 Å². The molecule has 0 saturated carbocycles. The number of carbonyl (C=O) groups excluding carboxylic acids is 2. The molecule has 0 spiro atoms. The van der Waals surface area contributed by atoms with Crippen LogP contribution in [0.3, 0.4) is 0 Å². The number of nitrogens with two attached hydrogens (primary N) is 1. The number of hydrogen-bond donors (Lipinski definition) is 4. The molecule has 27 heavy (non-hydrogen) atoms. The first-order chi connectivity index (χ1) is 13.1. The van der Waals surface area contributed by atoms with Crippen molar-refractivity contribution in [3.05, 3.63) is 54.6 Å². The van der Waals surface area contributed by atoms with Crippen LogP contribution in [0.5, 0.6) is 0 Å². The number of nitrogens with one attached hydrogen (secondary N) is 3. The van der Waals surface area contributed by atoms with Crippen molar-refractivity contribution in [2.75, 3.05) is 29.2 Å². The molecule has 7 heteroatoms. The third-order valence-electron chi connectivity index (χ3n) is 4.50. The van der Waals surface area contributed by atoms with E-state index in [0.717, 1.165) is 12.8 Å². The predicted octanol–water partition coefficient (Wildman–Crippen LogP) is 3.02. The number of rotatable bonds is 5. The summed E-state index contributed by atoms with van der Waals surface area (Å²) in [5, 5.41) is 8.32. The van der Waals surface area contributed by atoms with Crippen LogP contribution in [0, 0.1) is 5.92 Å². The molecule has 1 saturated heterocycles. The van der Waals surface area contributed by atoms with Gasteiger partial charge in [-0.25, -0.2) is 4.79 Å². The van der Waals surface area contributed by atoms with Crippen LogP contribution >= 0.6 is 0 Å². The van der Waals surface area contributed by atoms with Gasteiger partial charge in [-0.1, -0.05) is 24.3 Å². The average Bonchev–Trinajstić information content (AvgIpc) is 2.69. The Balaban J connectivity index is 1.56. The standard InChI is InChI=1S/C20H24N4O3/c21-18(14-9-11-27-12-10-14)19(25)22-16-7-4-8-17(13-16)24-20(26)23-15-5-2-1-3-6-15/h1-8,13-14,18H,9-12,21H2,(H,22,25)(H2,23,24,26). The highest BCUT2D eigenvalue weighted by Crippen LogP contribution is 2.20. The van der Waals surface area contributed by atoms with Crippen molar-refractivity contribution in [1.29, 1.82) is 0 Å².